The van der Waals surface area contributed by atoms with Crippen LogP contribution in [0.2, 0.25) is 0 Å². The second kappa shape index (κ2) is 5.50. The number of nitrogens with one attached hydrogen (secondary N) is 1. The van der Waals surface area contributed by atoms with Crippen LogP contribution in [0, 0.1) is 0 Å². The van der Waals surface area contributed by atoms with Crippen molar-refractivity contribution >= 4 is 16.9 Å². The van der Waals surface area contributed by atoms with Gasteiger partial charge in [-0.15, -0.1) is 0 Å². The first kappa shape index (κ1) is 14.1. The number of hydrogen-bond donors (Lipinski definition) is 2. The number of aryl methyl sites for hydroxylation is 1. The maximum absolute atomic E-state index is 10.9. The molecule has 21 heavy (non-hydrogen) atoms. The third kappa shape index (κ3) is 2.80. The normalized spacial score (nSPS) is 23.0. The highest BCUT2D eigenvalue weighted by molar-refractivity contribution is 5.83. The van der Waals surface area contributed by atoms with Gasteiger partial charge in [0.1, 0.15) is 0 Å². The van der Waals surface area contributed by atoms with E-state index in [4.69, 9.17) is 5.11 Å². The number of benzene rings is 1. The fourth-order valence-corrected chi connectivity index (χ4v) is 3.28. The maximum atomic E-state index is 10.9. The summed E-state index contributed by atoms with van der Waals surface area (Å²) in [7, 11) is 4.04. The van der Waals surface area contributed by atoms with Crippen molar-refractivity contribution in [2.45, 2.75) is 25.0 Å². The minimum atomic E-state index is -0.759. The zero-order chi connectivity index (χ0) is 15.0. The van der Waals surface area contributed by atoms with Gasteiger partial charge in [-0.3, -0.25) is 15.0 Å². The Balaban J connectivity index is 1.76. The Labute approximate surface area is 124 Å². The van der Waals surface area contributed by atoms with E-state index in [-0.39, 0.29) is 12.6 Å². The van der Waals surface area contributed by atoms with Gasteiger partial charge in [0, 0.05) is 36.7 Å². The van der Waals surface area contributed by atoms with Crippen LogP contribution in [0.1, 0.15) is 12.0 Å². The van der Waals surface area contributed by atoms with Gasteiger partial charge >= 0.3 is 5.97 Å². The molecular formula is C16H21N3O2. The third-order valence-corrected chi connectivity index (χ3v) is 4.28. The molecule has 1 aliphatic heterocycles. The van der Waals surface area contributed by atoms with Gasteiger partial charge < -0.3 is 9.67 Å². The number of carboxylic acid groups (broad SMARTS) is 1. The quantitative estimate of drug-likeness (QED) is 0.893. The maximum Gasteiger partial charge on any atom is 0.306 e. The number of likely N-dealkylation sites (N-methyl/N-ethyl adjacent to an activating group) is 1. The van der Waals surface area contributed by atoms with Crippen molar-refractivity contribution in [3.8, 4) is 0 Å². The molecule has 0 bridgehead atoms. The lowest BCUT2D eigenvalue weighted by atomic mass is 10.1. The minimum Gasteiger partial charge on any atom is -0.481 e. The van der Waals surface area contributed by atoms with Crippen molar-refractivity contribution < 1.29 is 9.90 Å². The largest absolute Gasteiger partial charge is 0.481 e. The number of fused-ring (bicyclic) bond motifs is 1. The lowest BCUT2D eigenvalue weighted by molar-refractivity contribution is -0.138. The van der Waals surface area contributed by atoms with Crippen molar-refractivity contribution in [1.82, 2.24) is 14.8 Å². The predicted molar refractivity (Wildman–Crippen MR) is 82.2 cm³/mol. The SMILES string of the molecule is CN1C[C@H](Cc2cn(C)c3ccccc23)NC1CC(=O)O. The highest BCUT2D eigenvalue weighted by Gasteiger charge is 2.30. The smallest absolute Gasteiger partial charge is 0.306 e. The molecule has 2 aromatic rings. The molecule has 1 aromatic carbocycles. The summed E-state index contributed by atoms with van der Waals surface area (Å²) < 4.78 is 2.15. The number of aromatic nitrogens is 1. The number of hydrogen-bond acceptors (Lipinski definition) is 3. The Hall–Kier alpha value is -1.85. The lowest BCUT2D eigenvalue weighted by Crippen LogP contribution is -2.37. The second-order valence-corrected chi connectivity index (χ2v) is 5.90. The van der Waals surface area contributed by atoms with E-state index in [9.17, 15) is 4.79 Å². The Bertz CT molecular complexity index is 665. The van der Waals surface area contributed by atoms with Gasteiger partial charge in [-0.25, -0.2) is 0 Å². The molecule has 2 atom stereocenters. The molecule has 0 aliphatic carbocycles. The molecule has 1 fully saturated rings. The Kier molecular flexibility index (Phi) is 3.69. The van der Waals surface area contributed by atoms with Gasteiger partial charge in [-0.1, -0.05) is 18.2 Å². The molecule has 0 saturated carbocycles. The van der Waals surface area contributed by atoms with Gasteiger partial charge in [0.25, 0.3) is 0 Å². The molecule has 2 N–H and O–H groups in total. The zero-order valence-electron chi connectivity index (χ0n) is 12.4. The molecule has 0 amide bonds. The molecule has 112 valence electrons. The van der Waals surface area contributed by atoms with Crippen LogP contribution in [0.3, 0.4) is 0 Å². The van der Waals surface area contributed by atoms with Crippen LogP contribution in [-0.4, -0.2) is 46.3 Å². The topological polar surface area (TPSA) is 57.5 Å². The van der Waals surface area contributed by atoms with Crippen molar-refractivity contribution in [2.75, 3.05) is 13.6 Å². The molecule has 3 rings (SSSR count). The number of rotatable bonds is 4. The van der Waals surface area contributed by atoms with Gasteiger partial charge in [0.05, 0.1) is 12.6 Å². The molecule has 1 aromatic heterocycles. The first-order chi connectivity index (χ1) is 10.0. The molecule has 1 saturated heterocycles. The molecule has 5 heteroatoms. The van der Waals surface area contributed by atoms with Crippen LogP contribution >= 0.6 is 0 Å². The number of para-hydroxylation sites is 1. The van der Waals surface area contributed by atoms with E-state index in [1.54, 1.807) is 0 Å². The lowest BCUT2D eigenvalue weighted by Gasteiger charge is -2.16. The number of nitrogens with zero attached hydrogens (tertiary/aromatic N) is 2. The minimum absolute atomic E-state index is 0.0672. The van der Waals surface area contributed by atoms with E-state index in [1.807, 2.05) is 7.05 Å². The molecule has 0 radical (unpaired) electrons. The summed E-state index contributed by atoms with van der Waals surface area (Å²) in [5.41, 5.74) is 2.55. The molecular weight excluding hydrogens is 266 g/mol. The van der Waals surface area contributed by atoms with Crippen molar-refractivity contribution in [3.05, 3.63) is 36.0 Å². The summed E-state index contributed by atoms with van der Waals surface area (Å²) in [6.45, 7) is 0.876. The number of carboxylic acids is 1. The average molecular weight is 287 g/mol. The summed E-state index contributed by atoms with van der Waals surface area (Å²) >= 11 is 0. The first-order valence-electron chi connectivity index (χ1n) is 7.25. The molecule has 1 unspecified atom stereocenters. The van der Waals surface area contributed by atoms with Crippen LogP contribution in [0.5, 0.6) is 0 Å². The predicted octanol–water partition coefficient (Wildman–Crippen LogP) is 1.43. The molecule has 2 heterocycles. The zero-order valence-corrected chi connectivity index (χ0v) is 12.4. The average Bonchev–Trinajstić information content (AvgIpc) is 2.92. The summed E-state index contributed by atoms with van der Waals surface area (Å²) in [4.78, 5) is 13.0. The van der Waals surface area contributed by atoms with Crippen molar-refractivity contribution in [2.24, 2.45) is 7.05 Å². The van der Waals surface area contributed by atoms with Crippen LogP contribution in [0.25, 0.3) is 10.9 Å². The van der Waals surface area contributed by atoms with Gasteiger partial charge in [0.2, 0.25) is 0 Å². The van der Waals surface area contributed by atoms with Gasteiger partial charge in [-0.2, -0.15) is 0 Å². The summed E-state index contributed by atoms with van der Waals surface area (Å²) in [6.07, 6.45) is 3.17. The van der Waals surface area contributed by atoms with Crippen molar-refractivity contribution in [1.29, 1.82) is 0 Å². The standard InChI is InChI=1S/C16H21N3O2/c1-18-9-11(13-5-3-4-6-14(13)18)7-12-10-19(2)15(17-12)8-16(20)21/h3-6,9,12,15,17H,7-8,10H2,1-2H3,(H,20,21)/t12-,15?/m0/s1. The van der Waals surface area contributed by atoms with Gasteiger partial charge in [0.15, 0.2) is 0 Å². The fourth-order valence-electron chi connectivity index (χ4n) is 3.28. The highest BCUT2D eigenvalue weighted by Crippen LogP contribution is 2.23. The van der Waals surface area contributed by atoms with Crippen molar-refractivity contribution in [3.63, 3.8) is 0 Å². The Morgan fingerprint density at radius 2 is 2.14 bits per heavy atom. The van der Waals surface area contributed by atoms with E-state index in [0.29, 0.717) is 6.04 Å². The molecule has 1 aliphatic rings. The third-order valence-electron chi connectivity index (χ3n) is 4.28. The van der Waals surface area contributed by atoms with E-state index in [1.165, 1.54) is 16.5 Å². The highest BCUT2D eigenvalue weighted by atomic mass is 16.4. The van der Waals surface area contributed by atoms with Gasteiger partial charge in [-0.05, 0) is 25.1 Å². The van der Waals surface area contributed by atoms with Crippen LogP contribution in [-0.2, 0) is 18.3 Å². The number of carbonyl (C=O) groups is 1. The van der Waals surface area contributed by atoms with E-state index < -0.39 is 5.97 Å². The van der Waals surface area contributed by atoms with Crippen LogP contribution in [0.15, 0.2) is 30.5 Å². The summed E-state index contributed by atoms with van der Waals surface area (Å²) in [6, 6.07) is 8.69. The van der Waals surface area contributed by atoms with E-state index in [2.05, 4.69) is 52.3 Å². The van der Waals surface area contributed by atoms with E-state index in [0.717, 1.165) is 13.0 Å². The Morgan fingerprint density at radius 1 is 1.38 bits per heavy atom. The fraction of sp³-hybridized carbons (Fsp3) is 0.438. The van der Waals surface area contributed by atoms with Crippen LogP contribution < -0.4 is 5.32 Å². The number of aliphatic carboxylic acids is 1. The molecule has 5 nitrogen and oxygen atoms in total. The summed E-state index contributed by atoms with van der Waals surface area (Å²) in [5, 5.41) is 13.7. The molecule has 0 spiro atoms. The second-order valence-electron chi connectivity index (χ2n) is 5.90. The van der Waals surface area contributed by atoms with E-state index >= 15 is 0 Å². The van der Waals surface area contributed by atoms with Crippen LogP contribution in [0.4, 0.5) is 0 Å². The summed E-state index contributed by atoms with van der Waals surface area (Å²) in [5.74, 6) is -0.759. The first-order valence-corrected chi connectivity index (χ1v) is 7.25. The monoisotopic (exact) mass is 287 g/mol. The Morgan fingerprint density at radius 3 is 2.90 bits per heavy atom.